The number of fused-ring (bicyclic) bond motifs is 1. The maximum Gasteiger partial charge on any atom is 0.414 e. The molecule has 98 valence electrons. The second kappa shape index (κ2) is 4.51. The van der Waals surface area contributed by atoms with Crippen molar-refractivity contribution in [1.29, 1.82) is 0 Å². The molecule has 0 saturated carbocycles. The predicted octanol–water partition coefficient (Wildman–Crippen LogP) is 3.14. The molecular formula is C12H12F3NO2. The van der Waals surface area contributed by atoms with Gasteiger partial charge in [0.2, 0.25) is 0 Å². The molecule has 1 unspecified atom stereocenters. The highest BCUT2D eigenvalue weighted by molar-refractivity contribution is 5.91. The molecule has 0 fully saturated rings. The molecule has 0 bridgehead atoms. The third-order valence-corrected chi connectivity index (χ3v) is 2.82. The van der Waals surface area contributed by atoms with E-state index in [0.29, 0.717) is 10.5 Å². The van der Waals surface area contributed by atoms with Crippen LogP contribution in [0.4, 0.5) is 23.7 Å². The van der Waals surface area contributed by atoms with Crippen LogP contribution in [0, 0.1) is 0 Å². The molecule has 0 spiro atoms. The fourth-order valence-electron chi connectivity index (χ4n) is 2.07. The summed E-state index contributed by atoms with van der Waals surface area (Å²) in [6.45, 7) is 1.60. The highest BCUT2D eigenvalue weighted by Crippen LogP contribution is 2.39. The van der Waals surface area contributed by atoms with E-state index in [4.69, 9.17) is 4.74 Å². The van der Waals surface area contributed by atoms with Gasteiger partial charge in [-0.3, -0.25) is 4.90 Å². The normalized spacial score (nSPS) is 18.7. The molecule has 1 aromatic carbocycles. The lowest BCUT2D eigenvalue weighted by Crippen LogP contribution is -2.47. The van der Waals surface area contributed by atoms with E-state index < -0.39 is 18.3 Å². The summed E-state index contributed by atoms with van der Waals surface area (Å²) in [4.78, 5) is 12.4. The number of benzene rings is 1. The van der Waals surface area contributed by atoms with E-state index >= 15 is 0 Å². The lowest BCUT2D eigenvalue weighted by atomic mass is 10.1. The van der Waals surface area contributed by atoms with Crippen LogP contribution < -0.4 is 4.90 Å². The number of halogens is 3. The van der Waals surface area contributed by atoms with E-state index in [1.165, 1.54) is 6.07 Å². The Bertz CT molecular complexity index is 459. The van der Waals surface area contributed by atoms with Gasteiger partial charge < -0.3 is 4.74 Å². The molecule has 1 aromatic rings. The third-order valence-electron chi connectivity index (χ3n) is 2.82. The summed E-state index contributed by atoms with van der Waals surface area (Å²) >= 11 is 0. The molecule has 1 amide bonds. The summed E-state index contributed by atoms with van der Waals surface area (Å²) < 4.78 is 43.5. The van der Waals surface area contributed by atoms with Crippen LogP contribution >= 0.6 is 0 Å². The largest absolute Gasteiger partial charge is 0.449 e. The molecule has 2 rings (SSSR count). The minimum atomic E-state index is -4.47. The Hall–Kier alpha value is -1.72. The van der Waals surface area contributed by atoms with Crippen molar-refractivity contribution in [2.24, 2.45) is 0 Å². The number of ether oxygens (including phenoxy) is 1. The van der Waals surface area contributed by atoms with Gasteiger partial charge in [0.1, 0.15) is 6.04 Å². The highest BCUT2D eigenvalue weighted by atomic mass is 19.4. The first-order valence-electron chi connectivity index (χ1n) is 5.55. The Kier molecular flexibility index (Phi) is 3.19. The van der Waals surface area contributed by atoms with Gasteiger partial charge in [0.25, 0.3) is 0 Å². The number of amides is 1. The van der Waals surface area contributed by atoms with Crippen molar-refractivity contribution >= 4 is 11.8 Å². The number of carbonyl (C=O) groups excluding carboxylic acids is 1. The molecule has 0 aromatic heterocycles. The van der Waals surface area contributed by atoms with Gasteiger partial charge in [-0.15, -0.1) is 0 Å². The van der Waals surface area contributed by atoms with E-state index in [1.807, 2.05) is 0 Å². The number of anilines is 1. The second-order valence-electron chi connectivity index (χ2n) is 3.96. The maximum absolute atomic E-state index is 12.9. The number of para-hydroxylation sites is 1. The van der Waals surface area contributed by atoms with E-state index in [2.05, 4.69) is 0 Å². The summed E-state index contributed by atoms with van der Waals surface area (Å²) in [5.41, 5.74) is 0.783. The SMILES string of the molecule is CCOC(=O)N1c2ccccc2CC1C(F)(F)F. The van der Waals surface area contributed by atoms with Gasteiger partial charge in [-0.2, -0.15) is 13.2 Å². The zero-order valence-corrected chi connectivity index (χ0v) is 9.70. The molecule has 1 atom stereocenters. The van der Waals surface area contributed by atoms with Crippen molar-refractivity contribution in [3.8, 4) is 0 Å². The van der Waals surface area contributed by atoms with Gasteiger partial charge in [-0.1, -0.05) is 18.2 Å². The van der Waals surface area contributed by atoms with Gasteiger partial charge >= 0.3 is 12.3 Å². The molecule has 0 radical (unpaired) electrons. The van der Waals surface area contributed by atoms with Gasteiger partial charge in [-0.25, -0.2) is 4.79 Å². The summed E-state index contributed by atoms with van der Waals surface area (Å²) in [6, 6.07) is 4.50. The van der Waals surface area contributed by atoms with Crippen molar-refractivity contribution in [3.05, 3.63) is 29.8 Å². The van der Waals surface area contributed by atoms with Crippen LogP contribution in [-0.2, 0) is 11.2 Å². The van der Waals surface area contributed by atoms with Gasteiger partial charge in [0.15, 0.2) is 0 Å². The molecule has 3 nitrogen and oxygen atoms in total. The van der Waals surface area contributed by atoms with Crippen molar-refractivity contribution < 1.29 is 22.7 Å². The molecule has 6 heteroatoms. The quantitative estimate of drug-likeness (QED) is 0.775. The van der Waals surface area contributed by atoms with Crippen molar-refractivity contribution in [2.75, 3.05) is 11.5 Å². The van der Waals surface area contributed by atoms with Gasteiger partial charge in [-0.05, 0) is 18.6 Å². The maximum atomic E-state index is 12.9. The number of hydrogen-bond acceptors (Lipinski definition) is 2. The molecule has 0 aliphatic carbocycles. The Labute approximate surface area is 102 Å². The van der Waals surface area contributed by atoms with Crippen LogP contribution in [0.2, 0.25) is 0 Å². The Balaban J connectivity index is 2.39. The smallest absolute Gasteiger partial charge is 0.414 e. The molecule has 1 aliphatic rings. The minimum absolute atomic E-state index is 0.0437. The van der Waals surface area contributed by atoms with Gasteiger partial charge in [0.05, 0.1) is 12.3 Å². The lowest BCUT2D eigenvalue weighted by Gasteiger charge is -2.26. The zero-order chi connectivity index (χ0) is 13.3. The average Bonchev–Trinajstić information content (AvgIpc) is 2.68. The van der Waals surface area contributed by atoms with Crippen LogP contribution in [0.3, 0.4) is 0 Å². The van der Waals surface area contributed by atoms with Crippen molar-refractivity contribution in [3.63, 3.8) is 0 Å². The zero-order valence-electron chi connectivity index (χ0n) is 9.70. The first-order chi connectivity index (χ1) is 8.45. The number of rotatable bonds is 1. The van der Waals surface area contributed by atoms with E-state index in [-0.39, 0.29) is 18.7 Å². The summed E-state index contributed by atoms with van der Waals surface area (Å²) in [6.07, 6.45) is -5.64. The topological polar surface area (TPSA) is 29.5 Å². The summed E-state index contributed by atoms with van der Waals surface area (Å²) in [5, 5.41) is 0. The van der Waals surface area contributed by atoms with E-state index in [0.717, 1.165) is 0 Å². The molecule has 1 heterocycles. The molecule has 1 aliphatic heterocycles. The predicted molar refractivity (Wildman–Crippen MR) is 59.5 cm³/mol. The van der Waals surface area contributed by atoms with Crippen molar-refractivity contribution in [1.82, 2.24) is 0 Å². The summed E-state index contributed by atoms with van der Waals surface area (Å²) in [7, 11) is 0. The minimum Gasteiger partial charge on any atom is -0.449 e. The Morgan fingerprint density at radius 3 is 2.72 bits per heavy atom. The average molecular weight is 259 g/mol. The van der Waals surface area contributed by atoms with E-state index in [1.54, 1.807) is 25.1 Å². The number of hydrogen-bond donors (Lipinski definition) is 0. The molecular weight excluding hydrogens is 247 g/mol. The van der Waals surface area contributed by atoms with E-state index in [9.17, 15) is 18.0 Å². The Morgan fingerprint density at radius 1 is 1.44 bits per heavy atom. The standard InChI is InChI=1S/C12H12F3NO2/c1-2-18-11(17)16-9-6-4-3-5-8(9)7-10(16)12(13,14)15/h3-6,10H,2,7H2,1H3. The molecule has 18 heavy (non-hydrogen) atoms. The third kappa shape index (κ3) is 2.14. The van der Waals surface area contributed by atoms with Crippen LogP contribution in [0.15, 0.2) is 24.3 Å². The molecule has 0 N–H and O–H groups in total. The fraction of sp³-hybridized carbons (Fsp3) is 0.417. The monoisotopic (exact) mass is 259 g/mol. The highest BCUT2D eigenvalue weighted by Gasteiger charge is 2.50. The lowest BCUT2D eigenvalue weighted by molar-refractivity contribution is -0.146. The van der Waals surface area contributed by atoms with Crippen LogP contribution in [0.25, 0.3) is 0 Å². The van der Waals surface area contributed by atoms with Crippen LogP contribution in [0.1, 0.15) is 12.5 Å². The molecule has 0 saturated heterocycles. The second-order valence-corrected chi connectivity index (χ2v) is 3.96. The van der Waals surface area contributed by atoms with Crippen LogP contribution in [-0.4, -0.2) is 24.9 Å². The number of alkyl halides is 3. The van der Waals surface area contributed by atoms with Crippen molar-refractivity contribution in [2.45, 2.75) is 25.6 Å². The van der Waals surface area contributed by atoms with Crippen LogP contribution in [0.5, 0.6) is 0 Å². The number of carbonyl (C=O) groups is 1. The first-order valence-corrected chi connectivity index (χ1v) is 5.55. The number of nitrogens with zero attached hydrogens (tertiary/aromatic N) is 1. The first kappa shape index (κ1) is 12.7. The fourth-order valence-corrected chi connectivity index (χ4v) is 2.07. The Morgan fingerprint density at radius 2 is 2.11 bits per heavy atom. The van der Waals surface area contributed by atoms with Gasteiger partial charge in [0, 0.05) is 6.42 Å². The summed E-state index contributed by atoms with van der Waals surface area (Å²) in [5.74, 6) is 0.